The van der Waals surface area contributed by atoms with E-state index in [0.717, 1.165) is 85.8 Å². The first kappa shape index (κ1) is 37.2. The van der Waals surface area contributed by atoms with Crippen LogP contribution in [0.5, 0.6) is 5.75 Å². The minimum atomic E-state index is -0.862. The number of nitrogens with zero attached hydrogens (tertiary/aromatic N) is 2. The molecule has 288 valence electrons. The average molecular weight is 745 g/mol. The number of phenols is 1. The Hall–Kier alpha value is -4.77. The number of carboxylic acids is 1. The molecule has 4 fully saturated rings. The highest BCUT2D eigenvalue weighted by atomic mass is 16.4. The van der Waals surface area contributed by atoms with Crippen molar-refractivity contribution in [3.63, 3.8) is 0 Å². The van der Waals surface area contributed by atoms with Gasteiger partial charge >= 0.3 is 5.97 Å². The standard InChI is InChI=1S/C45H52N4O6/c50-39-15-12-34(35-13-16-41(52)47-43(35)39)40(51)27-46-26-30-10-14-38-32(24-30)11-17-42(53)49(38)21-4-2-6-29-7-5-8-33(25-29)45(44(54)55)20-3-1-9-37(45)36-28-48-22-18-31(36)19-23-48/h5,7-8,10-17,24-25,31,36-37,40,46,50-51H,1-4,6,9,18-23,26-28H2,(H,47,52)(H,54,55)/t36?,37?,40-,45?/m0/s1. The number of aliphatic carboxylic acids is 1. The maximum absolute atomic E-state index is 13.3. The highest BCUT2D eigenvalue weighted by Gasteiger charge is 2.54. The van der Waals surface area contributed by atoms with Gasteiger partial charge in [-0.25, -0.2) is 0 Å². The van der Waals surface area contributed by atoms with Crippen LogP contribution >= 0.6 is 0 Å². The maximum Gasteiger partial charge on any atom is 0.314 e. The van der Waals surface area contributed by atoms with Gasteiger partial charge in [-0.15, -0.1) is 0 Å². The molecule has 0 radical (unpaired) electrons. The molecular weight excluding hydrogens is 693 g/mol. The number of phenolic OH excluding ortho intramolecular Hbond substituents is 1. The van der Waals surface area contributed by atoms with E-state index in [2.05, 4.69) is 45.5 Å². The summed E-state index contributed by atoms with van der Waals surface area (Å²) in [4.78, 5) is 43.4. The lowest BCUT2D eigenvalue weighted by molar-refractivity contribution is -0.151. The number of fused-ring (bicyclic) bond motifs is 5. The van der Waals surface area contributed by atoms with Crippen LogP contribution in [0, 0.1) is 17.8 Å². The summed E-state index contributed by atoms with van der Waals surface area (Å²) in [5.74, 6) is 0.566. The summed E-state index contributed by atoms with van der Waals surface area (Å²) in [7, 11) is 0. The van der Waals surface area contributed by atoms with Gasteiger partial charge in [0.2, 0.25) is 5.56 Å². The summed E-state index contributed by atoms with van der Waals surface area (Å²) in [6.07, 6.45) is 7.85. The Morgan fingerprint density at radius 1 is 0.927 bits per heavy atom. The van der Waals surface area contributed by atoms with Crippen molar-refractivity contribution in [3.05, 3.63) is 122 Å². The van der Waals surface area contributed by atoms with Crippen LogP contribution in [0.4, 0.5) is 0 Å². The predicted octanol–water partition coefficient (Wildman–Crippen LogP) is 6.25. The fraction of sp³-hybridized carbons (Fsp3) is 0.444. The van der Waals surface area contributed by atoms with Crippen LogP contribution in [-0.2, 0) is 29.7 Å². The minimum absolute atomic E-state index is 0.0366. The van der Waals surface area contributed by atoms with Gasteiger partial charge in [0.05, 0.1) is 22.6 Å². The monoisotopic (exact) mass is 744 g/mol. The van der Waals surface area contributed by atoms with E-state index in [4.69, 9.17) is 0 Å². The first-order chi connectivity index (χ1) is 26.7. The number of aliphatic hydroxyl groups excluding tert-OH is 1. The van der Waals surface area contributed by atoms with E-state index < -0.39 is 17.5 Å². The minimum Gasteiger partial charge on any atom is -0.506 e. The summed E-state index contributed by atoms with van der Waals surface area (Å²) in [5, 5.41) is 36.9. The molecule has 2 aromatic heterocycles. The molecule has 3 saturated heterocycles. The molecule has 0 amide bonds. The maximum atomic E-state index is 13.3. The van der Waals surface area contributed by atoms with Gasteiger partial charge in [-0.3, -0.25) is 14.4 Å². The van der Waals surface area contributed by atoms with Crippen LogP contribution in [-0.4, -0.2) is 61.9 Å². The van der Waals surface area contributed by atoms with Crippen molar-refractivity contribution < 1.29 is 20.1 Å². The highest BCUT2D eigenvalue weighted by molar-refractivity contribution is 5.87. The summed E-state index contributed by atoms with van der Waals surface area (Å²) >= 11 is 0. The van der Waals surface area contributed by atoms with Gasteiger partial charge in [-0.1, -0.05) is 49.2 Å². The van der Waals surface area contributed by atoms with E-state index in [1.54, 1.807) is 18.2 Å². The third kappa shape index (κ3) is 7.35. The molecule has 1 saturated carbocycles. The van der Waals surface area contributed by atoms with Crippen molar-refractivity contribution in [2.24, 2.45) is 17.8 Å². The van der Waals surface area contributed by atoms with E-state index in [-0.39, 0.29) is 29.3 Å². The number of aliphatic hydroxyl groups is 1. The molecule has 5 heterocycles. The number of piperidine rings is 3. The Labute approximate surface area is 320 Å². The Balaban J connectivity index is 0.901. The first-order valence-corrected chi connectivity index (χ1v) is 20.1. The van der Waals surface area contributed by atoms with Crippen LogP contribution in [0.1, 0.15) is 79.7 Å². The number of H-pyrrole nitrogens is 1. The van der Waals surface area contributed by atoms with E-state index in [1.807, 2.05) is 22.8 Å². The predicted molar refractivity (Wildman–Crippen MR) is 214 cm³/mol. The average Bonchev–Trinajstić information content (AvgIpc) is 3.20. The van der Waals surface area contributed by atoms with E-state index in [0.29, 0.717) is 47.8 Å². The number of carbonyl (C=O) groups is 1. The second-order valence-electron chi connectivity index (χ2n) is 16.2. The van der Waals surface area contributed by atoms with Crippen molar-refractivity contribution >= 4 is 27.8 Å². The number of aromatic amines is 1. The van der Waals surface area contributed by atoms with E-state index >= 15 is 0 Å². The molecule has 10 nitrogen and oxygen atoms in total. The number of nitrogens with one attached hydrogen (secondary N) is 2. The molecule has 3 aromatic carbocycles. The molecule has 4 aliphatic rings. The molecule has 55 heavy (non-hydrogen) atoms. The SMILES string of the molecule is O=C(O)C1(c2cccc(CCCCn3c(=O)ccc4cc(CNC[C@H](O)c5ccc(O)c6[nH]c(=O)ccc56)ccc43)c2)CCCCC1C1CN2CCC1CC2. The number of carboxylic acid groups (broad SMARTS) is 1. The van der Waals surface area contributed by atoms with Crippen LogP contribution < -0.4 is 16.4 Å². The number of pyridine rings is 2. The number of hydrogen-bond acceptors (Lipinski definition) is 7. The number of hydrogen-bond donors (Lipinski definition) is 5. The Morgan fingerprint density at radius 2 is 1.78 bits per heavy atom. The normalized spacial score (nSPS) is 24.3. The number of aromatic hydroxyl groups is 1. The lowest BCUT2D eigenvalue weighted by atomic mass is 9.55. The zero-order valence-electron chi connectivity index (χ0n) is 31.4. The van der Waals surface area contributed by atoms with Gasteiger partial charge < -0.3 is 35.1 Å². The quantitative estimate of drug-likeness (QED) is 0.0890. The zero-order valence-corrected chi connectivity index (χ0v) is 31.4. The molecule has 3 unspecified atom stereocenters. The number of unbranched alkanes of at least 4 members (excludes halogenated alkanes) is 1. The van der Waals surface area contributed by atoms with Crippen molar-refractivity contribution in [1.82, 2.24) is 19.8 Å². The van der Waals surface area contributed by atoms with E-state index in [1.165, 1.54) is 25.0 Å². The third-order valence-electron chi connectivity index (χ3n) is 13.1. The van der Waals surface area contributed by atoms with Gasteiger partial charge in [0.1, 0.15) is 5.75 Å². The molecule has 3 aliphatic heterocycles. The smallest absolute Gasteiger partial charge is 0.314 e. The molecule has 5 aromatic rings. The lowest BCUT2D eigenvalue weighted by Crippen LogP contribution is -2.56. The molecular formula is C45H52N4O6. The third-order valence-corrected chi connectivity index (χ3v) is 13.1. The summed E-state index contributed by atoms with van der Waals surface area (Å²) in [5.41, 5.74) is 3.75. The molecule has 4 atom stereocenters. The summed E-state index contributed by atoms with van der Waals surface area (Å²) in [6, 6.07) is 24.1. The van der Waals surface area contributed by atoms with Gasteiger partial charge in [0.15, 0.2) is 0 Å². The topological polar surface area (TPSA) is 148 Å². The van der Waals surface area contributed by atoms with Gasteiger partial charge in [0, 0.05) is 43.7 Å². The molecule has 10 heteroatoms. The first-order valence-electron chi connectivity index (χ1n) is 20.1. The number of benzene rings is 3. The summed E-state index contributed by atoms with van der Waals surface area (Å²) < 4.78 is 1.84. The van der Waals surface area contributed by atoms with Crippen LogP contribution in [0.15, 0.2) is 88.5 Å². The Kier molecular flexibility index (Phi) is 10.7. The van der Waals surface area contributed by atoms with Gasteiger partial charge in [-0.2, -0.15) is 0 Å². The zero-order chi connectivity index (χ0) is 38.1. The van der Waals surface area contributed by atoms with Gasteiger partial charge in [-0.05, 0) is 134 Å². The van der Waals surface area contributed by atoms with Crippen molar-refractivity contribution in [1.29, 1.82) is 0 Å². The van der Waals surface area contributed by atoms with Crippen molar-refractivity contribution in [3.8, 4) is 5.75 Å². The highest BCUT2D eigenvalue weighted by Crippen LogP contribution is 2.52. The van der Waals surface area contributed by atoms with Gasteiger partial charge in [0.25, 0.3) is 5.56 Å². The fourth-order valence-corrected chi connectivity index (χ4v) is 10.3. The number of aryl methyl sites for hydroxylation is 2. The van der Waals surface area contributed by atoms with Crippen LogP contribution in [0.3, 0.4) is 0 Å². The van der Waals surface area contributed by atoms with Crippen molar-refractivity contribution in [2.45, 2.75) is 82.4 Å². The second kappa shape index (κ2) is 15.8. The lowest BCUT2D eigenvalue weighted by Gasteiger charge is -2.53. The largest absolute Gasteiger partial charge is 0.506 e. The molecule has 0 spiro atoms. The number of aromatic nitrogens is 2. The molecule has 5 N–H and O–H groups in total. The Bertz CT molecular complexity index is 2310. The Morgan fingerprint density at radius 3 is 2.58 bits per heavy atom. The molecule has 1 aliphatic carbocycles. The van der Waals surface area contributed by atoms with Crippen LogP contribution in [0.2, 0.25) is 0 Å². The molecule has 2 bridgehead atoms. The summed E-state index contributed by atoms with van der Waals surface area (Å²) in [6.45, 7) is 4.72. The van der Waals surface area contributed by atoms with Crippen molar-refractivity contribution in [2.75, 3.05) is 26.2 Å². The molecule has 9 rings (SSSR count). The second-order valence-corrected chi connectivity index (χ2v) is 16.2. The number of rotatable bonds is 13. The fourth-order valence-electron chi connectivity index (χ4n) is 10.3. The van der Waals surface area contributed by atoms with Crippen LogP contribution in [0.25, 0.3) is 21.8 Å². The van der Waals surface area contributed by atoms with E-state index in [9.17, 15) is 29.7 Å².